The Morgan fingerprint density at radius 1 is 0.810 bits per heavy atom. The standard InChI is InChI=1S/C28H30O14/c1-4-36-19(29)10-11-26(3)37-22(32)17(23(33)38-26)8-6-5-7-9-18-24(34)41-28(42-25(18)35)14-12-27(13-15-28)39-20(30)16(2)21(31)40-27/h5-9,30,32H,4,10-15H2,1-3H3. The van der Waals surface area contributed by atoms with E-state index in [9.17, 15) is 34.2 Å². The third-order valence-corrected chi connectivity index (χ3v) is 6.87. The SMILES string of the molecule is CCOC(=O)CCC1(C)OC(=O)C(C=CC=CC=C2C(=O)OC3(CCC4(CC3)OC(=O)C(C)=C(O)O4)OC2=O)=C(O)O1. The van der Waals surface area contributed by atoms with Crippen LogP contribution in [0.5, 0.6) is 0 Å². The molecule has 3 heterocycles. The van der Waals surface area contributed by atoms with Crippen LogP contribution in [0.4, 0.5) is 0 Å². The molecule has 1 saturated carbocycles. The Morgan fingerprint density at radius 3 is 1.98 bits per heavy atom. The van der Waals surface area contributed by atoms with Gasteiger partial charge in [-0.3, -0.25) is 4.79 Å². The Morgan fingerprint density at radius 2 is 1.40 bits per heavy atom. The topological polar surface area (TPSA) is 190 Å². The minimum absolute atomic E-state index is 0.000220. The van der Waals surface area contributed by atoms with Crippen LogP contribution >= 0.6 is 0 Å². The number of carbonyl (C=O) groups is 5. The van der Waals surface area contributed by atoms with Crippen molar-refractivity contribution in [3.8, 4) is 0 Å². The molecule has 0 aromatic rings. The van der Waals surface area contributed by atoms with Gasteiger partial charge in [-0.2, -0.15) is 0 Å². The van der Waals surface area contributed by atoms with Gasteiger partial charge < -0.3 is 43.4 Å². The molecule has 0 aromatic heterocycles. The number of hydrogen-bond acceptors (Lipinski definition) is 14. The van der Waals surface area contributed by atoms with Gasteiger partial charge in [0.1, 0.15) is 16.7 Å². The predicted molar refractivity (Wildman–Crippen MR) is 136 cm³/mol. The van der Waals surface area contributed by atoms with Crippen LogP contribution in [-0.4, -0.2) is 64.0 Å². The summed E-state index contributed by atoms with van der Waals surface area (Å²) in [7, 11) is 0. The molecule has 1 unspecified atom stereocenters. The largest absolute Gasteiger partial charge is 0.481 e. The van der Waals surface area contributed by atoms with E-state index in [0.717, 1.165) is 6.08 Å². The first-order valence-corrected chi connectivity index (χ1v) is 13.1. The maximum Gasteiger partial charge on any atom is 0.348 e. The van der Waals surface area contributed by atoms with Gasteiger partial charge in [-0.15, -0.1) is 0 Å². The number of aliphatic hydroxyl groups excluding tert-OH is 2. The Kier molecular flexibility index (Phi) is 8.36. The van der Waals surface area contributed by atoms with E-state index in [4.69, 9.17) is 33.2 Å². The van der Waals surface area contributed by atoms with Crippen LogP contribution in [0.3, 0.4) is 0 Å². The van der Waals surface area contributed by atoms with E-state index in [2.05, 4.69) is 0 Å². The smallest absolute Gasteiger partial charge is 0.348 e. The van der Waals surface area contributed by atoms with Gasteiger partial charge in [0.05, 0.1) is 13.0 Å². The minimum atomic E-state index is -1.57. The summed E-state index contributed by atoms with van der Waals surface area (Å²) in [5.41, 5.74) is -0.747. The van der Waals surface area contributed by atoms with Crippen LogP contribution in [0.15, 0.2) is 59.0 Å². The van der Waals surface area contributed by atoms with Gasteiger partial charge in [-0.25, -0.2) is 19.2 Å². The fourth-order valence-corrected chi connectivity index (χ4v) is 4.50. The number of hydrogen-bond donors (Lipinski definition) is 2. The summed E-state index contributed by atoms with van der Waals surface area (Å²) in [5.74, 6) is -9.81. The summed E-state index contributed by atoms with van der Waals surface area (Å²) in [5, 5.41) is 20.1. The average molecular weight is 591 g/mol. The second-order valence-electron chi connectivity index (χ2n) is 10.00. The van der Waals surface area contributed by atoms with Crippen molar-refractivity contribution in [2.24, 2.45) is 0 Å². The van der Waals surface area contributed by atoms with Gasteiger partial charge in [0.2, 0.25) is 0 Å². The highest BCUT2D eigenvalue weighted by Crippen LogP contribution is 2.45. The van der Waals surface area contributed by atoms with Crippen LogP contribution < -0.4 is 0 Å². The molecule has 2 spiro atoms. The zero-order valence-electron chi connectivity index (χ0n) is 23.1. The monoisotopic (exact) mass is 590 g/mol. The van der Waals surface area contributed by atoms with Crippen molar-refractivity contribution >= 4 is 29.8 Å². The molecule has 3 aliphatic heterocycles. The van der Waals surface area contributed by atoms with E-state index in [-0.39, 0.29) is 61.9 Å². The van der Waals surface area contributed by atoms with Gasteiger partial charge in [-0.05, 0) is 26.0 Å². The lowest BCUT2D eigenvalue weighted by molar-refractivity contribution is -0.297. The summed E-state index contributed by atoms with van der Waals surface area (Å²) in [6.45, 7) is 4.60. The molecule has 14 nitrogen and oxygen atoms in total. The molecule has 14 heteroatoms. The van der Waals surface area contributed by atoms with Crippen LogP contribution in [0.2, 0.25) is 0 Å². The highest BCUT2D eigenvalue weighted by atomic mass is 16.8. The number of ether oxygens (including phenoxy) is 7. The number of allylic oxidation sites excluding steroid dienone is 4. The molecular weight excluding hydrogens is 560 g/mol. The third-order valence-electron chi connectivity index (χ3n) is 6.87. The zero-order chi connectivity index (χ0) is 30.7. The normalized spacial score (nSPS) is 29.7. The van der Waals surface area contributed by atoms with Gasteiger partial charge >= 0.3 is 29.8 Å². The lowest BCUT2D eigenvalue weighted by Crippen LogP contribution is -2.54. The quantitative estimate of drug-likeness (QED) is 0.145. The predicted octanol–water partition coefficient (Wildman–Crippen LogP) is 2.86. The van der Waals surface area contributed by atoms with Gasteiger partial charge in [0.15, 0.2) is 0 Å². The van der Waals surface area contributed by atoms with Crippen molar-refractivity contribution in [2.45, 2.75) is 76.7 Å². The number of carbonyl (C=O) groups excluding carboxylic acids is 5. The Hall–Kier alpha value is -4.75. The first-order valence-electron chi connectivity index (χ1n) is 13.1. The molecule has 0 radical (unpaired) electrons. The molecule has 4 aliphatic rings. The molecular formula is C28H30O14. The van der Waals surface area contributed by atoms with Gasteiger partial charge in [0.25, 0.3) is 29.3 Å². The fraction of sp³-hybridized carbons (Fsp3) is 0.464. The molecule has 42 heavy (non-hydrogen) atoms. The van der Waals surface area contributed by atoms with Crippen molar-refractivity contribution in [2.75, 3.05) is 6.61 Å². The number of esters is 5. The maximum absolute atomic E-state index is 12.6. The molecule has 1 atom stereocenters. The first kappa shape index (κ1) is 30.2. The van der Waals surface area contributed by atoms with Crippen LogP contribution in [0, 0.1) is 0 Å². The summed E-state index contributed by atoms with van der Waals surface area (Å²) in [6, 6.07) is 0. The summed E-state index contributed by atoms with van der Waals surface area (Å²) < 4.78 is 36.9. The molecule has 1 saturated heterocycles. The molecule has 2 fully saturated rings. The van der Waals surface area contributed by atoms with Crippen molar-refractivity contribution in [3.05, 3.63) is 59.0 Å². The number of cyclic esters (lactones) is 1. The Labute approximate surface area is 239 Å². The lowest BCUT2D eigenvalue weighted by atomic mass is 9.87. The molecule has 4 rings (SSSR count). The van der Waals surface area contributed by atoms with Crippen molar-refractivity contribution in [1.82, 2.24) is 0 Å². The molecule has 0 bridgehead atoms. The molecule has 2 N–H and O–H groups in total. The second-order valence-corrected chi connectivity index (χ2v) is 10.00. The fourth-order valence-electron chi connectivity index (χ4n) is 4.50. The van der Waals surface area contributed by atoms with Gasteiger partial charge in [-0.1, -0.05) is 18.2 Å². The average Bonchev–Trinajstić information content (AvgIpc) is 2.91. The second kappa shape index (κ2) is 11.6. The summed E-state index contributed by atoms with van der Waals surface area (Å²) in [6.07, 6.45) is 6.15. The molecule has 0 aromatic carbocycles. The van der Waals surface area contributed by atoms with E-state index in [0.29, 0.717) is 0 Å². The summed E-state index contributed by atoms with van der Waals surface area (Å²) >= 11 is 0. The van der Waals surface area contributed by atoms with Crippen molar-refractivity contribution < 1.29 is 67.3 Å². The highest BCUT2D eigenvalue weighted by Gasteiger charge is 2.55. The zero-order valence-corrected chi connectivity index (χ0v) is 23.1. The minimum Gasteiger partial charge on any atom is -0.481 e. The Balaban J connectivity index is 1.33. The van der Waals surface area contributed by atoms with Gasteiger partial charge in [0, 0.05) is 39.0 Å². The van der Waals surface area contributed by atoms with Crippen LogP contribution in [0.25, 0.3) is 0 Å². The third kappa shape index (κ3) is 6.42. The van der Waals surface area contributed by atoms with E-state index in [1.54, 1.807) is 6.92 Å². The Bertz CT molecular complexity index is 1320. The number of aliphatic hydroxyl groups is 2. The van der Waals surface area contributed by atoms with Crippen LogP contribution in [0.1, 0.15) is 59.3 Å². The van der Waals surface area contributed by atoms with E-state index >= 15 is 0 Å². The van der Waals surface area contributed by atoms with E-state index in [1.165, 1.54) is 38.2 Å². The first-order chi connectivity index (χ1) is 19.8. The van der Waals surface area contributed by atoms with E-state index in [1.807, 2.05) is 0 Å². The summed E-state index contributed by atoms with van der Waals surface area (Å²) in [4.78, 5) is 61.2. The maximum atomic E-state index is 12.6. The van der Waals surface area contributed by atoms with E-state index < -0.39 is 59.1 Å². The van der Waals surface area contributed by atoms with Crippen molar-refractivity contribution in [1.29, 1.82) is 0 Å². The molecule has 0 amide bonds. The molecule has 1 aliphatic carbocycles. The lowest BCUT2D eigenvalue weighted by Gasteiger charge is -2.45. The van der Waals surface area contributed by atoms with Crippen molar-refractivity contribution in [3.63, 3.8) is 0 Å². The molecule has 226 valence electrons. The number of rotatable bonds is 7. The van der Waals surface area contributed by atoms with Crippen LogP contribution in [-0.2, 0) is 57.1 Å². The highest BCUT2D eigenvalue weighted by molar-refractivity contribution is 6.15.